The molecule has 14 heavy (non-hydrogen) atoms. The zero-order valence-electron chi connectivity index (χ0n) is 7.83. The zero-order chi connectivity index (χ0) is 9.97. The summed E-state index contributed by atoms with van der Waals surface area (Å²) in [4.78, 5) is 4.88. The fraction of sp³-hybridized carbons (Fsp3) is 0.182. The van der Waals surface area contributed by atoms with E-state index in [9.17, 15) is 0 Å². The predicted molar refractivity (Wildman–Crippen MR) is 57.6 cm³/mol. The summed E-state index contributed by atoms with van der Waals surface area (Å²) in [6.07, 6.45) is 4.26. The number of hydrogen-bond acceptors (Lipinski definition) is 2. The molecule has 0 saturated heterocycles. The van der Waals surface area contributed by atoms with Gasteiger partial charge in [0.25, 0.3) is 0 Å². The lowest BCUT2D eigenvalue weighted by Gasteiger charge is -2.09. The number of benzene rings is 1. The van der Waals surface area contributed by atoms with Crippen LogP contribution in [0.3, 0.4) is 0 Å². The first-order chi connectivity index (χ1) is 6.77. The maximum Gasteiger partial charge on any atom is 0.118 e. The first-order valence-electron chi connectivity index (χ1n) is 4.41. The third-order valence-electron chi connectivity index (χ3n) is 2.06. The first-order valence-corrected chi connectivity index (χ1v) is 4.79. The SMILES string of the molecule is Cc1ccc(Cl)c(C2=NOC=CC2)c1. The minimum absolute atomic E-state index is 0.716. The van der Waals surface area contributed by atoms with Gasteiger partial charge in [0.15, 0.2) is 0 Å². The van der Waals surface area contributed by atoms with Gasteiger partial charge in [-0.2, -0.15) is 0 Å². The van der Waals surface area contributed by atoms with Crippen LogP contribution in [-0.4, -0.2) is 5.71 Å². The van der Waals surface area contributed by atoms with Gasteiger partial charge in [0.2, 0.25) is 0 Å². The average Bonchev–Trinajstić information content (AvgIpc) is 2.23. The van der Waals surface area contributed by atoms with Gasteiger partial charge in [-0.3, -0.25) is 0 Å². The number of oxime groups is 1. The Morgan fingerprint density at radius 1 is 1.43 bits per heavy atom. The van der Waals surface area contributed by atoms with Crippen LogP contribution in [0.25, 0.3) is 0 Å². The fourth-order valence-corrected chi connectivity index (χ4v) is 1.58. The molecule has 0 N–H and O–H groups in total. The zero-order valence-corrected chi connectivity index (χ0v) is 8.58. The highest BCUT2D eigenvalue weighted by molar-refractivity contribution is 6.34. The van der Waals surface area contributed by atoms with Crippen molar-refractivity contribution < 1.29 is 4.84 Å². The second-order valence-corrected chi connectivity index (χ2v) is 3.61. The molecular weight excluding hydrogens is 198 g/mol. The fourth-order valence-electron chi connectivity index (χ4n) is 1.35. The average molecular weight is 208 g/mol. The van der Waals surface area contributed by atoms with Crippen LogP contribution in [0.2, 0.25) is 5.02 Å². The lowest BCUT2D eigenvalue weighted by molar-refractivity contribution is 0.262. The van der Waals surface area contributed by atoms with Crippen LogP contribution in [0.1, 0.15) is 17.5 Å². The van der Waals surface area contributed by atoms with Crippen LogP contribution in [0.5, 0.6) is 0 Å². The molecule has 1 aromatic carbocycles. The van der Waals surface area contributed by atoms with E-state index in [-0.39, 0.29) is 0 Å². The predicted octanol–water partition coefficient (Wildman–Crippen LogP) is 3.29. The number of rotatable bonds is 1. The molecule has 2 rings (SSSR count). The van der Waals surface area contributed by atoms with Gasteiger partial charge in [0.1, 0.15) is 6.26 Å². The Morgan fingerprint density at radius 2 is 2.29 bits per heavy atom. The Labute approximate surface area is 87.8 Å². The standard InChI is InChI=1S/C11H10ClNO/c1-8-4-5-10(12)9(7-8)11-3-2-6-14-13-11/h2,4-7H,3H2,1H3. The Morgan fingerprint density at radius 3 is 3.00 bits per heavy atom. The van der Waals surface area contributed by atoms with E-state index in [1.165, 1.54) is 5.56 Å². The number of halogens is 1. The molecule has 1 aliphatic rings. The lowest BCUT2D eigenvalue weighted by Crippen LogP contribution is -2.04. The van der Waals surface area contributed by atoms with E-state index in [1.54, 1.807) is 6.26 Å². The van der Waals surface area contributed by atoms with Crippen molar-refractivity contribution in [3.8, 4) is 0 Å². The van der Waals surface area contributed by atoms with Crippen molar-refractivity contribution in [3.05, 3.63) is 46.7 Å². The topological polar surface area (TPSA) is 21.6 Å². The van der Waals surface area contributed by atoms with E-state index >= 15 is 0 Å². The highest BCUT2D eigenvalue weighted by Gasteiger charge is 2.09. The minimum Gasteiger partial charge on any atom is -0.365 e. The molecule has 72 valence electrons. The van der Waals surface area contributed by atoms with Crippen molar-refractivity contribution in [2.24, 2.45) is 5.16 Å². The summed E-state index contributed by atoms with van der Waals surface area (Å²) >= 11 is 6.07. The van der Waals surface area contributed by atoms with Crippen molar-refractivity contribution in [2.75, 3.05) is 0 Å². The second kappa shape index (κ2) is 3.84. The van der Waals surface area contributed by atoms with Crippen LogP contribution in [0.15, 0.2) is 35.7 Å². The molecule has 0 aliphatic carbocycles. The third kappa shape index (κ3) is 1.80. The Bertz CT molecular complexity index is 410. The number of allylic oxidation sites excluding steroid dienone is 1. The van der Waals surface area contributed by atoms with Crippen molar-refractivity contribution in [1.82, 2.24) is 0 Å². The van der Waals surface area contributed by atoms with Gasteiger partial charge in [-0.15, -0.1) is 0 Å². The highest BCUT2D eigenvalue weighted by atomic mass is 35.5. The molecule has 3 heteroatoms. The summed E-state index contributed by atoms with van der Waals surface area (Å²) in [6.45, 7) is 2.03. The number of nitrogens with zero attached hydrogens (tertiary/aromatic N) is 1. The molecule has 0 amide bonds. The number of hydrogen-bond donors (Lipinski definition) is 0. The van der Waals surface area contributed by atoms with Gasteiger partial charge in [-0.25, -0.2) is 0 Å². The maximum atomic E-state index is 6.07. The van der Waals surface area contributed by atoms with Crippen molar-refractivity contribution >= 4 is 17.3 Å². The monoisotopic (exact) mass is 207 g/mol. The van der Waals surface area contributed by atoms with Crippen molar-refractivity contribution in [1.29, 1.82) is 0 Å². The second-order valence-electron chi connectivity index (χ2n) is 3.20. The molecule has 1 aromatic rings. The van der Waals surface area contributed by atoms with Crippen LogP contribution < -0.4 is 0 Å². The van der Waals surface area contributed by atoms with E-state index in [1.807, 2.05) is 31.2 Å². The summed E-state index contributed by atoms with van der Waals surface area (Å²) in [5.41, 5.74) is 3.00. The van der Waals surface area contributed by atoms with Gasteiger partial charge in [0.05, 0.1) is 5.71 Å². The third-order valence-corrected chi connectivity index (χ3v) is 2.39. The molecule has 0 atom stereocenters. The molecule has 1 heterocycles. The first kappa shape index (κ1) is 9.28. The Kier molecular flexibility index (Phi) is 2.55. The van der Waals surface area contributed by atoms with E-state index in [4.69, 9.17) is 16.4 Å². The van der Waals surface area contributed by atoms with E-state index in [0.29, 0.717) is 5.02 Å². The maximum absolute atomic E-state index is 6.07. The van der Waals surface area contributed by atoms with Gasteiger partial charge in [-0.05, 0) is 25.1 Å². The molecule has 0 saturated carbocycles. The van der Waals surface area contributed by atoms with Gasteiger partial charge >= 0.3 is 0 Å². The molecule has 2 nitrogen and oxygen atoms in total. The summed E-state index contributed by atoms with van der Waals surface area (Å²) in [7, 11) is 0. The Hall–Kier alpha value is -1.28. The molecule has 1 aliphatic heterocycles. The highest BCUT2D eigenvalue weighted by Crippen LogP contribution is 2.21. The van der Waals surface area contributed by atoms with Crippen molar-refractivity contribution in [3.63, 3.8) is 0 Å². The van der Waals surface area contributed by atoms with Crippen LogP contribution in [0, 0.1) is 6.92 Å². The number of aryl methyl sites for hydroxylation is 1. The normalized spacial score (nSPS) is 14.9. The molecule has 0 bridgehead atoms. The quantitative estimate of drug-likeness (QED) is 0.693. The molecule has 0 unspecified atom stereocenters. The van der Waals surface area contributed by atoms with Crippen molar-refractivity contribution in [2.45, 2.75) is 13.3 Å². The largest absolute Gasteiger partial charge is 0.365 e. The van der Waals surface area contributed by atoms with E-state index in [2.05, 4.69) is 5.16 Å². The summed E-state index contributed by atoms with van der Waals surface area (Å²) in [5.74, 6) is 0. The molecule has 0 aromatic heterocycles. The van der Waals surface area contributed by atoms with Gasteiger partial charge in [0, 0.05) is 17.0 Å². The lowest BCUT2D eigenvalue weighted by atomic mass is 10.0. The van der Waals surface area contributed by atoms with Crippen LogP contribution >= 0.6 is 11.6 Å². The van der Waals surface area contributed by atoms with E-state index < -0.39 is 0 Å². The minimum atomic E-state index is 0.716. The summed E-state index contributed by atoms with van der Waals surface area (Å²) in [5, 5.41) is 4.66. The Balaban J connectivity index is 2.40. The van der Waals surface area contributed by atoms with Gasteiger partial charge < -0.3 is 4.84 Å². The summed E-state index contributed by atoms with van der Waals surface area (Å²) < 4.78 is 0. The molecular formula is C11H10ClNO. The van der Waals surface area contributed by atoms with Crippen LogP contribution in [-0.2, 0) is 4.84 Å². The molecule has 0 radical (unpaired) electrons. The smallest absolute Gasteiger partial charge is 0.118 e. The van der Waals surface area contributed by atoms with Crippen LogP contribution in [0.4, 0.5) is 0 Å². The summed E-state index contributed by atoms with van der Waals surface area (Å²) in [6, 6.07) is 5.88. The molecule has 0 fully saturated rings. The van der Waals surface area contributed by atoms with Gasteiger partial charge in [-0.1, -0.05) is 28.4 Å². The molecule has 0 spiro atoms. The van der Waals surface area contributed by atoms with E-state index in [0.717, 1.165) is 17.7 Å².